The normalized spacial score (nSPS) is 11.6. The second kappa shape index (κ2) is 10.9. The summed E-state index contributed by atoms with van der Waals surface area (Å²) in [4.78, 5) is 28.1. The lowest BCUT2D eigenvalue weighted by Gasteiger charge is -2.27. The van der Waals surface area contributed by atoms with Gasteiger partial charge in [-0.3, -0.25) is 4.79 Å². The first kappa shape index (κ1) is 24.0. The Morgan fingerprint density at radius 3 is 2.29 bits per heavy atom. The van der Waals surface area contributed by atoms with Crippen molar-refractivity contribution >= 4 is 22.6 Å². The maximum absolute atomic E-state index is 13.9. The molecule has 0 saturated carbocycles. The maximum atomic E-state index is 13.9. The number of esters is 1. The molecule has 0 aliphatic rings. The average molecular weight is 468 g/mol. The summed E-state index contributed by atoms with van der Waals surface area (Å²) in [6.45, 7) is 2.98. The number of benzene rings is 4. The Labute approximate surface area is 205 Å². The van der Waals surface area contributed by atoms with Crippen molar-refractivity contribution < 1.29 is 19.1 Å². The highest BCUT2D eigenvalue weighted by molar-refractivity contribution is 6.07. The summed E-state index contributed by atoms with van der Waals surface area (Å²) in [7, 11) is 2.85. The van der Waals surface area contributed by atoms with E-state index in [4.69, 9.17) is 9.47 Å². The molecule has 178 valence electrons. The molecule has 0 saturated heterocycles. The third-order valence-corrected chi connectivity index (χ3v) is 6.21. The summed E-state index contributed by atoms with van der Waals surface area (Å²) >= 11 is 0. The lowest BCUT2D eigenvalue weighted by atomic mass is 9.98. The minimum absolute atomic E-state index is 0.0555. The van der Waals surface area contributed by atoms with Crippen molar-refractivity contribution in [2.45, 2.75) is 19.4 Å². The van der Waals surface area contributed by atoms with Gasteiger partial charge >= 0.3 is 5.97 Å². The molecule has 35 heavy (non-hydrogen) atoms. The first-order valence-corrected chi connectivity index (χ1v) is 11.6. The first-order valence-electron chi connectivity index (χ1n) is 11.6. The highest BCUT2D eigenvalue weighted by Crippen LogP contribution is 2.26. The number of carbonyl (C=O) groups is 2. The van der Waals surface area contributed by atoms with Gasteiger partial charge in [-0.15, -0.1) is 0 Å². The molecule has 0 heterocycles. The number of hydrogen-bond acceptors (Lipinski definition) is 4. The lowest BCUT2D eigenvalue weighted by Crippen LogP contribution is -2.34. The van der Waals surface area contributed by atoms with Crippen LogP contribution in [0.5, 0.6) is 5.75 Å². The van der Waals surface area contributed by atoms with Crippen LogP contribution in [0.25, 0.3) is 10.8 Å². The fourth-order valence-electron chi connectivity index (χ4n) is 4.36. The molecule has 0 unspecified atom stereocenters. The van der Waals surface area contributed by atoms with E-state index in [1.54, 1.807) is 12.1 Å². The molecule has 0 fully saturated rings. The summed E-state index contributed by atoms with van der Waals surface area (Å²) in [6, 6.07) is 29.2. The zero-order valence-electron chi connectivity index (χ0n) is 20.2. The van der Waals surface area contributed by atoms with E-state index in [0.717, 1.165) is 21.9 Å². The van der Waals surface area contributed by atoms with E-state index < -0.39 is 5.97 Å². The molecule has 1 atom stereocenters. The zero-order valence-corrected chi connectivity index (χ0v) is 20.2. The van der Waals surface area contributed by atoms with Crippen molar-refractivity contribution in [2.24, 2.45) is 0 Å². The van der Waals surface area contributed by atoms with Gasteiger partial charge in [0.15, 0.2) is 0 Å². The number of ether oxygens (including phenoxy) is 2. The van der Waals surface area contributed by atoms with E-state index >= 15 is 0 Å². The first-order chi connectivity index (χ1) is 17.0. The molecular formula is C30H29NO4. The van der Waals surface area contributed by atoms with Gasteiger partial charge in [0.1, 0.15) is 11.3 Å². The lowest BCUT2D eigenvalue weighted by molar-refractivity contribution is 0.0597. The summed E-state index contributed by atoms with van der Waals surface area (Å²) in [5.74, 6) is 0.0203. The van der Waals surface area contributed by atoms with Gasteiger partial charge in [-0.05, 0) is 46.0 Å². The molecule has 1 amide bonds. The van der Waals surface area contributed by atoms with Crippen LogP contribution in [-0.2, 0) is 11.3 Å². The summed E-state index contributed by atoms with van der Waals surface area (Å²) in [5, 5.41) is 1.94. The van der Waals surface area contributed by atoms with Crippen LogP contribution in [-0.4, -0.2) is 37.5 Å². The Balaban J connectivity index is 1.72. The van der Waals surface area contributed by atoms with Gasteiger partial charge in [-0.25, -0.2) is 4.79 Å². The number of rotatable bonds is 8. The highest BCUT2D eigenvalue weighted by atomic mass is 16.5. The smallest absolute Gasteiger partial charge is 0.341 e. The van der Waals surface area contributed by atoms with Crippen molar-refractivity contribution in [2.75, 3.05) is 20.8 Å². The number of fused-ring (bicyclic) bond motifs is 1. The molecule has 0 spiro atoms. The van der Waals surface area contributed by atoms with Gasteiger partial charge in [-0.2, -0.15) is 0 Å². The molecule has 0 aromatic heterocycles. The molecule has 0 radical (unpaired) electrons. The minimum atomic E-state index is -0.478. The molecule has 4 aromatic rings. The van der Waals surface area contributed by atoms with Crippen molar-refractivity contribution in [3.05, 3.63) is 113 Å². The summed E-state index contributed by atoms with van der Waals surface area (Å²) < 4.78 is 10.3. The highest BCUT2D eigenvalue weighted by Gasteiger charge is 2.22. The van der Waals surface area contributed by atoms with Gasteiger partial charge in [0.25, 0.3) is 5.91 Å². The van der Waals surface area contributed by atoms with Gasteiger partial charge in [-0.1, -0.05) is 79.7 Å². The molecule has 5 nitrogen and oxygen atoms in total. The molecule has 0 aliphatic heterocycles. The van der Waals surface area contributed by atoms with Gasteiger partial charge in [0.05, 0.1) is 14.2 Å². The largest absolute Gasteiger partial charge is 0.496 e. The van der Waals surface area contributed by atoms with E-state index in [0.29, 0.717) is 30.0 Å². The Bertz CT molecular complexity index is 1330. The SMILES string of the molecule is COC(=O)c1cc(CN(C[C@H](C)c2ccccc2)C(=O)c2cccc3ccccc23)ccc1OC. The molecular weight excluding hydrogens is 438 g/mol. The van der Waals surface area contributed by atoms with Crippen molar-refractivity contribution in [3.8, 4) is 5.75 Å². The van der Waals surface area contributed by atoms with E-state index in [2.05, 4.69) is 19.1 Å². The summed E-state index contributed by atoms with van der Waals surface area (Å²) in [5.41, 5.74) is 2.97. The third kappa shape index (κ3) is 5.35. The third-order valence-electron chi connectivity index (χ3n) is 6.21. The minimum Gasteiger partial charge on any atom is -0.496 e. The number of hydrogen-bond donors (Lipinski definition) is 0. The molecule has 0 bridgehead atoms. The number of carbonyl (C=O) groups excluding carboxylic acids is 2. The van der Waals surface area contributed by atoms with Crippen LogP contribution in [0.1, 0.15) is 44.7 Å². The second-order valence-electron chi connectivity index (χ2n) is 8.55. The Kier molecular flexibility index (Phi) is 7.46. The fourth-order valence-corrected chi connectivity index (χ4v) is 4.36. The number of methoxy groups -OCH3 is 2. The quantitative estimate of drug-likeness (QED) is 0.295. The molecule has 0 N–H and O–H groups in total. The van der Waals surface area contributed by atoms with Crippen LogP contribution in [0.4, 0.5) is 0 Å². The Morgan fingerprint density at radius 2 is 1.54 bits per heavy atom. The van der Waals surface area contributed by atoms with Crippen LogP contribution >= 0.6 is 0 Å². The van der Waals surface area contributed by atoms with E-state index in [1.807, 2.05) is 71.6 Å². The van der Waals surface area contributed by atoms with E-state index in [9.17, 15) is 9.59 Å². The topological polar surface area (TPSA) is 55.8 Å². The standard InChI is InChI=1S/C30H29NO4/c1-21(23-10-5-4-6-11-23)19-31(20-22-16-17-28(34-2)27(18-22)30(33)35-3)29(32)26-15-9-13-24-12-7-8-14-25(24)26/h4-18,21H,19-20H2,1-3H3/t21-/m0/s1. The monoisotopic (exact) mass is 467 g/mol. The number of amides is 1. The van der Waals surface area contributed by atoms with Gasteiger partial charge in [0.2, 0.25) is 0 Å². The van der Waals surface area contributed by atoms with E-state index in [-0.39, 0.29) is 11.8 Å². The van der Waals surface area contributed by atoms with Crippen molar-refractivity contribution in [1.29, 1.82) is 0 Å². The average Bonchev–Trinajstić information content (AvgIpc) is 2.91. The van der Waals surface area contributed by atoms with E-state index in [1.165, 1.54) is 14.2 Å². The van der Waals surface area contributed by atoms with Crippen LogP contribution in [0.2, 0.25) is 0 Å². The predicted octanol–water partition coefficient (Wildman–Crippen LogP) is 6.08. The Hall–Kier alpha value is -4.12. The fraction of sp³-hybridized carbons (Fsp3) is 0.200. The molecule has 5 heteroatoms. The van der Waals surface area contributed by atoms with Crippen molar-refractivity contribution in [3.63, 3.8) is 0 Å². The van der Waals surface area contributed by atoms with Crippen LogP contribution in [0, 0.1) is 0 Å². The van der Waals surface area contributed by atoms with Crippen molar-refractivity contribution in [1.82, 2.24) is 4.90 Å². The maximum Gasteiger partial charge on any atom is 0.341 e. The molecule has 0 aliphatic carbocycles. The van der Waals surface area contributed by atoms with Crippen LogP contribution in [0.3, 0.4) is 0 Å². The van der Waals surface area contributed by atoms with Gasteiger partial charge in [0, 0.05) is 18.7 Å². The summed E-state index contributed by atoms with van der Waals surface area (Å²) in [6.07, 6.45) is 0. The Morgan fingerprint density at radius 1 is 0.829 bits per heavy atom. The zero-order chi connectivity index (χ0) is 24.8. The number of nitrogens with zero attached hydrogens (tertiary/aromatic N) is 1. The van der Waals surface area contributed by atoms with Crippen LogP contribution < -0.4 is 4.74 Å². The van der Waals surface area contributed by atoms with Gasteiger partial charge < -0.3 is 14.4 Å². The predicted molar refractivity (Wildman–Crippen MR) is 138 cm³/mol. The molecule has 4 aromatic carbocycles. The second-order valence-corrected chi connectivity index (χ2v) is 8.55. The van der Waals surface area contributed by atoms with Crippen LogP contribution in [0.15, 0.2) is 91.0 Å². The molecule has 4 rings (SSSR count).